The second-order valence-corrected chi connectivity index (χ2v) is 13.0. The molecule has 14 heteroatoms. The number of carboxylic acids is 2. The van der Waals surface area contributed by atoms with Crippen molar-refractivity contribution in [3.05, 3.63) is 140 Å². The molecule has 4 aromatic carbocycles. The number of carboxylic acid groups (broad SMARTS) is 2. The van der Waals surface area contributed by atoms with Crippen molar-refractivity contribution < 1.29 is 29.4 Å². The fourth-order valence-corrected chi connectivity index (χ4v) is 6.55. The molecule has 0 unspecified atom stereocenters. The molecule has 6 rings (SSSR count). The third kappa shape index (κ3) is 8.75. The third-order valence-corrected chi connectivity index (χ3v) is 9.34. The van der Waals surface area contributed by atoms with Gasteiger partial charge < -0.3 is 20.8 Å². The molecule has 49 heavy (non-hydrogen) atoms. The number of halogens is 2. The zero-order valence-electron chi connectivity index (χ0n) is 25.3. The summed E-state index contributed by atoms with van der Waals surface area (Å²) in [4.78, 5) is 56.2. The molecule has 2 aromatic heterocycles. The molecule has 0 bridgehead atoms. The van der Waals surface area contributed by atoms with Crippen molar-refractivity contribution in [3.8, 4) is 21.1 Å². The molecular weight excluding hydrogens is 707 g/mol. The number of carbonyl (C=O) groups is 4. The number of hydrogen-bond acceptors (Lipinski definition) is 8. The lowest BCUT2D eigenvalue weighted by Gasteiger charge is -2.05. The predicted octanol–water partition coefficient (Wildman–Crippen LogP) is 9.14. The number of hydrogen-bond donors (Lipinski definition) is 4. The monoisotopic (exact) mass is 730 g/mol. The van der Waals surface area contributed by atoms with E-state index in [1.165, 1.54) is 18.2 Å². The largest absolute Gasteiger partial charge is 0.477 e. The second kappa shape index (κ2) is 15.7. The van der Waals surface area contributed by atoms with E-state index in [0.29, 0.717) is 20.6 Å². The molecule has 246 valence electrons. The van der Waals surface area contributed by atoms with Crippen molar-refractivity contribution in [2.24, 2.45) is 0 Å². The molecule has 0 radical (unpaired) electrons. The van der Waals surface area contributed by atoms with Crippen molar-refractivity contribution in [1.82, 2.24) is 9.97 Å². The maximum absolute atomic E-state index is 12.4. The fraction of sp³-hybridized carbons (Fsp3) is 0.0286. The number of nitrogens with zero attached hydrogens (tertiary/aromatic N) is 2. The van der Waals surface area contributed by atoms with Crippen LogP contribution in [0.3, 0.4) is 0 Å². The van der Waals surface area contributed by atoms with E-state index in [4.69, 9.17) is 23.2 Å². The van der Waals surface area contributed by atoms with E-state index >= 15 is 0 Å². The third-order valence-electron chi connectivity index (χ3n) is 6.60. The lowest BCUT2D eigenvalue weighted by Crippen LogP contribution is -2.14. The summed E-state index contributed by atoms with van der Waals surface area (Å²) in [6.45, 7) is 1.88. The Bertz CT molecular complexity index is 2170. The number of aryl methyl sites for hydroxylation is 1. The smallest absolute Gasteiger partial charge is 0.349 e. The zero-order chi connectivity index (χ0) is 35.1. The summed E-state index contributed by atoms with van der Waals surface area (Å²) in [5, 5.41) is 25.5. The lowest BCUT2D eigenvalue weighted by molar-refractivity contribution is 0.0691. The number of nitrogens with one attached hydrogen (secondary N) is 2. The summed E-state index contributed by atoms with van der Waals surface area (Å²) < 4.78 is 0. The fourth-order valence-electron chi connectivity index (χ4n) is 4.32. The number of aromatic nitrogens is 2. The normalized spacial score (nSPS) is 10.4. The van der Waals surface area contributed by atoms with Gasteiger partial charge in [-0.3, -0.25) is 9.59 Å². The van der Waals surface area contributed by atoms with Crippen LogP contribution in [-0.4, -0.2) is 43.9 Å². The Morgan fingerprint density at radius 1 is 0.633 bits per heavy atom. The highest BCUT2D eigenvalue weighted by Gasteiger charge is 2.22. The first kappa shape index (κ1) is 34.9. The maximum atomic E-state index is 12.4. The van der Waals surface area contributed by atoms with Crippen LogP contribution in [-0.2, 0) is 0 Å². The molecule has 4 N–H and O–H groups in total. The molecule has 0 saturated carbocycles. The molecule has 6 aromatic rings. The van der Waals surface area contributed by atoms with Crippen LogP contribution in [0, 0.1) is 6.92 Å². The molecule has 0 aliphatic rings. The lowest BCUT2D eigenvalue weighted by atomic mass is 10.1. The first-order valence-corrected chi connectivity index (χ1v) is 16.6. The van der Waals surface area contributed by atoms with E-state index in [-0.39, 0.29) is 37.9 Å². The highest BCUT2D eigenvalue weighted by atomic mass is 35.5. The molecule has 0 fully saturated rings. The van der Waals surface area contributed by atoms with E-state index < -0.39 is 17.8 Å². The van der Waals surface area contributed by atoms with E-state index in [1.807, 2.05) is 73.7 Å². The Hall–Kier alpha value is -5.40. The van der Waals surface area contributed by atoms with Gasteiger partial charge in [0.25, 0.3) is 11.8 Å². The van der Waals surface area contributed by atoms with Crippen LogP contribution in [0.5, 0.6) is 0 Å². The van der Waals surface area contributed by atoms with Crippen LogP contribution in [0.4, 0.5) is 11.6 Å². The summed E-state index contributed by atoms with van der Waals surface area (Å²) in [5.41, 5.74) is 3.16. The van der Waals surface area contributed by atoms with Crippen molar-refractivity contribution in [3.63, 3.8) is 0 Å². The summed E-state index contributed by atoms with van der Waals surface area (Å²) in [5.74, 6) is -3.18. The van der Waals surface area contributed by atoms with Gasteiger partial charge >= 0.3 is 11.9 Å². The van der Waals surface area contributed by atoms with E-state index in [9.17, 15) is 29.4 Å². The molecule has 10 nitrogen and oxygen atoms in total. The molecule has 0 aliphatic heterocycles. The van der Waals surface area contributed by atoms with Crippen molar-refractivity contribution in [2.45, 2.75) is 6.92 Å². The van der Waals surface area contributed by atoms with Gasteiger partial charge in [0.15, 0.2) is 21.4 Å². The van der Waals surface area contributed by atoms with E-state index in [0.717, 1.165) is 39.4 Å². The molecule has 0 aliphatic carbocycles. The first-order valence-electron chi connectivity index (χ1n) is 14.2. The van der Waals surface area contributed by atoms with Crippen LogP contribution in [0.2, 0.25) is 10.0 Å². The van der Waals surface area contributed by atoms with Crippen molar-refractivity contribution in [1.29, 1.82) is 0 Å². The Labute approximate surface area is 297 Å². The van der Waals surface area contributed by atoms with Gasteiger partial charge in [-0.25, -0.2) is 19.6 Å². The standard InChI is InChI=1S/C18H14N2O3S.C17H10Cl2N2O3S/c1-11-6-5-9-13(10-11)16(21)19-15-14(18(22)23)24-17(20-15)12-7-3-2-4-8-12;18-10-6-7-11(12(19)8-10)15(22)20-14-13(17(23)24)25-16(21-14)9-4-2-1-3-5-9/h2-10H,1H3,(H,19,21)(H,22,23);1-8H,(H,20,22)(H,23,24). The molecule has 2 heterocycles. The number of benzene rings is 4. The summed E-state index contributed by atoms with van der Waals surface area (Å²) in [6, 6.07) is 29.9. The number of aromatic carboxylic acids is 2. The summed E-state index contributed by atoms with van der Waals surface area (Å²) in [7, 11) is 0. The number of thiazole rings is 2. The second-order valence-electron chi connectivity index (χ2n) is 10.1. The summed E-state index contributed by atoms with van der Waals surface area (Å²) >= 11 is 13.9. The number of amides is 2. The molecule has 0 atom stereocenters. The summed E-state index contributed by atoms with van der Waals surface area (Å²) in [6.07, 6.45) is 0. The van der Waals surface area contributed by atoms with Gasteiger partial charge in [0.2, 0.25) is 0 Å². The Morgan fingerprint density at radius 2 is 1.14 bits per heavy atom. The Morgan fingerprint density at radius 3 is 1.61 bits per heavy atom. The number of rotatable bonds is 8. The van der Waals surface area contributed by atoms with Gasteiger partial charge in [0, 0.05) is 21.7 Å². The molecule has 0 saturated heterocycles. The van der Waals surface area contributed by atoms with Gasteiger partial charge in [-0.05, 0) is 37.3 Å². The molecular formula is C35H24Cl2N4O6S2. The van der Waals surface area contributed by atoms with Crippen LogP contribution in [0.1, 0.15) is 45.6 Å². The first-order chi connectivity index (χ1) is 23.5. The highest BCUT2D eigenvalue weighted by molar-refractivity contribution is 7.17. The average molecular weight is 732 g/mol. The van der Waals surface area contributed by atoms with Gasteiger partial charge in [-0.15, -0.1) is 22.7 Å². The SMILES string of the molecule is Cc1cccc(C(=O)Nc2nc(-c3ccccc3)sc2C(=O)O)c1.O=C(Nc1nc(-c2ccccc2)sc1C(=O)O)c1ccc(Cl)cc1Cl. The topological polar surface area (TPSA) is 159 Å². The van der Waals surface area contributed by atoms with Crippen LogP contribution < -0.4 is 10.6 Å². The van der Waals surface area contributed by atoms with Crippen LogP contribution in [0.15, 0.2) is 103 Å². The predicted molar refractivity (Wildman–Crippen MR) is 193 cm³/mol. The molecule has 0 spiro atoms. The van der Waals surface area contributed by atoms with Gasteiger partial charge in [0.1, 0.15) is 10.0 Å². The Balaban J connectivity index is 0.000000191. The van der Waals surface area contributed by atoms with E-state index in [1.54, 1.807) is 18.2 Å². The Kier molecular flexibility index (Phi) is 11.2. The minimum Gasteiger partial charge on any atom is -0.477 e. The molecule has 2 amide bonds. The maximum Gasteiger partial charge on any atom is 0.349 e. The zero-order valence-corrected chi connectivity index (χ0v) is 28.5. The number of anilines is 2. The highest BCUT2D eigenvalue weighted by Crippen LogP contribution is 2.33. The quantitative estimate of drug-likeness (QED) is 0.121. The van der Waals surface area contributed by atoms with Crippen LogP contribution >= 0.6 is 45.9 Å². The average Bonchev–Trinajstić information content (AvgIpc) is 3.71. The minimum atomic E-state index is -1.17. The minimum absolute atomic E-state index is 0.00913. The van der Waals surface area contributed by atoms with E-state index in [2.05, 4.69) is 20.6 Å². The van der Waals surface area contributed by atoms with Crippen molar-refractivity contribution >= 4 is 81.3 Å². The van der Waals surface area contributed by atoms with Crippen LogP contribution in [0.25, 0.3) is 21.1 Å². The van der Waals surface area contributed by atoms with Gasteiger partial charge in [-0.2, -0.15) is 0 Å². The van der Waals surface area contributed by atoms with Crippen molar-refractivity contribution in [2.75, 3.05) is 10.6 Å². The van der Waals surface area contributed by atoms with Gasteiger partial charge in [0.05, 0.1) is 10.6 Å². The number of carbonyl (C=O) groups excluding carboxylic acids is 2. The van der Waals surface area contributed by atoms with Gasteiger partial charge in [-0.1, -0.05) is 102 Å².